The molecule has 1 heterocycles. The third-order valence-corrected chi connectivity index (χ3v) is 5.15. The Kier molecular flexibility index (Phi) is 6.64. The second kappa shape index (κ2) is 8.16. The Morgan fingerprint density at radius 3 is 2.84 bits per heavy atom. The summed E-state index contributed by atoms with van der Waals surface area (Å²) in [6, 6.07) is 3.70. The first kappa shape index (κ1) is 20.4. The van der Waals surface area contributed by atoms with Gasteiger partial charge in [0.1, 0.15) is 11.6 Å². The molecule has 1 aliphatic heterocycles. The molecule has 1 saturated carbocycles. The number of ether oxygens (including phenoxy) is 1. The molecule has 0 spiro atoms. The van der Waals surface area contributed by atoms with Gasteiger partial charge in [-0.25, -0.2) is 13.8 Å². The van der Waals surface area contributed by atoms with E-state index in [0.717, 1.165) is 25.2 Å². The number of nitrogens with one attached hydrogen (secondary N) is 2. The van der Waals surface area contributed by atoms with Crippen LogP contribution in [-0.2, 0) is 11.3 Å². The molecule has 4 nitrogen and oxygen atoms in total. The summed E-state index contributed by atoms with van der Waals surface area (Å²) in [6.45, 7) is 7.96. The van der Waals surface area contributed by atoms with Crippen molar-refractivity contribution < 1.29 is 13.5 Å². The highest BCUT2D eigenvalue weighted by molar-refractivity contribution is 14.0. The highest BCUT2D eigenvalue weighted by Crippen LogP contribution is 2.52. The normalized spacial score (nSPS) is 27.1. The highest BCUT2D eigenvalue weighted by Gasteiger charge is 2.59. The molecular weight excluding hydrogens is 439 g/mol. The highest BCUT2D eigenvalue weighted by atomic mass is 127. The van der Waals surface area contributed by atoms with Crippen molar-refractivity contribution in [1.29, 1.82) is 0 Å². The van der Waals surface area contributed by atoms with E-state index in [1.165, 1.54) is 6.07 Å². The fourth-order valence-corrected chi connectivity index (χ4v) is 3.91. The Bertz CT molecular complexity index is 639. The molecule has 0 amide bonds. The fraction of sp³-hybridized carbons (Fsp3) is 0.611. The van der Waals surface area contributed by atoms with Gasteiger partial charge in [0, 0.05) is 36.1 Å². The summed E-state index contributed by atoms with van der Waals surface area (Å²) in [6.07, 6.45) is 1.34. The quantitative estimate of drug-likeness (QED) is 0.407. The van der Waals surface area contributed by atoms with Crippen molar-refractivity contribution >= 4 is 29.9 Å². The Morgan fingerprint density at radius 1 is 1.36 bits per heavy atom. The van der Waals surface area contributed by atoms with Crippen molar-refractivity contribution in [2.75, 3.05) is 13.2 Å². The summed E-state index contributed by atoms with van der Waals surface area (Å²) in [5, 5.41) is 6.65. The zero-order chi connectivity index (χ0) is 17.3. The van der Waals surface area contributed by atoms with Gasteiger partial charge in [-0.15, -0.1) is 24.0 Å². The lowest BCUT2D eigenvalue weighted by molar-refractivity contribution is -0.106. The number of halogens is 3. The van der Waals surface area contributed by atoms with Crippen LogP contribution < -0.4 is 10.6 Å². The molecule has 3 atom stereocenters. The Labute approximate surface area is 164 Å². The zero-order valence-electron chi connectivity index (χ0n) is 14.8. The summed E-state index contributed by atoms with van der Waals surface area (Å²) in [5.74, 6) is 0.217. The molecule has 7 heteroatoms. The van der Waals surface area contributed by atoms with Crippen molar-refractivity contribution in [2.24, 2.45) is 16.3 Å². The van der Waals surface area contributed by atoms with E-state index in [1.807, 2.05) is 6.92 Å². The van der Waals surface area contributed by atoms with E-state index in [9.17, 15) is 8.78 Å². The monoisotopic (exact) mass is 465 g/mol. The summed E-state index contributed by atoms with van der Waals surface area (Å²) >= 11 is 0. The number of nitrogens with zero attached hydrogens (tertiary/aromatic N) is 1. The third-order valence-electron chi connectivity index (χ3n) is 5.15. The van der Waals surface area contributed by atoms with E-state index < -0.39 is 11.6 Å². The SMILES string of the molecule is CCNC(=NCc1cc(F)ccc1F)NC1C2CCOC2C1(C)C.I. The van der Waals surface area contributed by atoms with Gasteiger partial charge in [0.05, 0.1) is 12.6 Å². The van der Waals surface area contributed by atoms with Crippen LogP contribution in [0.2, 0.25) is 0 Å². The van der Waals surface area contributed by atoms with Crippen molar-refractivity contribution in [3.8, 4) is 0 Å². The average molecular weight is 465 g/mol. The van der Waals surface area contributed by atoms with Gasteiger partial charge >= 0.3 is 0 Å². The molecule has 2 aliphatic rings. The number of rotatable bonds is 4. The van der Waals surface area contributed by atoms with Crippen molar-refractivity contribution in [3.63, 3.8) is 0 Å². The average Bonchev–Trinajstić information content (AvgIpc) is 3.00. The number of aliphatic imine (C=N–C) groups is 1. The molecule has 3 rings (SSSR count). The molecular formula is C18H26F2IN3O. The van der Waals surface area contributed by atoms with Gasteiger partial charge < -0.3 is 15.4 Å². The fourth-order valence-electron chi connectivity index (χ4n) is 3.91. The summed E-state index contributed by atoms with van der Waals surface area (Å²) < 4.78 is 32.8. The summed E-state index contributed by atoms with van der Waals surface area (Å²) in [4.78, 5) is 4.43. The second-order valence-corrected chi connectivity index (χ2v) is 7.12. The number of benzene rings is 1. The van der Waals surface area contributed by atoms with E-state index in [0.29, 0.717) is 24.5 Å². The van der Waals surface area contributed by atoms with Crippen LogP contribution in [0.25, 0.3) is 0 Å². The van der Waals surface area contributed by atoms with Gasteiger partial charge in [-0.1, -0.05) is 13.8 Å². The maximum Gasteiger partial charge on any atom is 0.191 e. The molecule has 0 radical (unpaired) electrons. The first-order chi connectivity index (χ1) is 11.4. The second-order valence-electron chi connectivity index (χ2n) is 7.12. The third kappa shape index (κ3) is 4.07. The lowest BCUT2D eigenvalue weighted by atomic mass is 9.57. The number of hydrogen-bond acceptors (Lipinski definition) is 2. The van der Waals surface area contributed by atoms with Crippen LogP contribution in [0.1, 0.15) is 32.8 Å². The summed E-state index contributed by atoms with van der Waals surface area (Å²) in [7, 11) is 0. The van der Waals surface area contributed by atoms with Crippen molar-refractivity contribution in [3.05, 3.63) is 35.4 Å². The van der Waals surface area contributed by atoms with E-state index in [-0.39, 0.29) is 47.5 Å². The molecule has 25 heavy (non-hydrogen) atoms. The minimum absolute atomic E-state index is 0. The molecule has 1 aromatic carbocycles. The lowest BCUT2D eigenvalue weighted by Gasteiger charge is -2.54. The summed E-state index contributed by atoms with van der Waals surface area (Å²) in [5.41, 5.74) is 0.281. The predicted octanol–water partition coefficient (Wildman–Crippen LogP) is 3.45. The molecule has 3 unspecified atom stereocenters. The van der Waals surface area contributed by atoms with Crippen LogP contribution in [0.15, 0.2) is 23.2 Å². The van der Waals surface area contributed by atoms with Gasteiger partial charge in [0.2, 0.25) is 0 Å². The van der Waals surface area contributed by atoms with Gasteiger partial charge in [-0.2, -0.15) is 0 Å². The maximum atomic E-state index is 13.8. The molecule has 0 aromatic heterocycles. The largest absolute Gasteiger partial charge is 0.377 e. The van der Waals surface area contributed by atoms with Crippen LogP contribution in [0, 0.1) is 23.0 Å². The van der Waals surface area contributed by atoms with Crippen LogP contribution in [0.5, 0.6) is 0 Å². The number of hydrogen-bond donors (Lipinski definition) is 2. The zero-order valence-corrected chi connectivity index (χ0v) is 17.1. The topological polar surface area (TPSA) is 45.7 Å². The van der Waals surface area contributed by atoms with Crippen LogP contribution in [-0.4, -0.2) is 31.3 Å². The van der Waals surface area contributed by atoms with Crippen LogP contribution >= 0.6 is 24.0 Å². The lowest BCUT2D eigenvalue weighted by Crippen LogP contribution is -2.67. The molecule has 1 aromatic rings. The van der Waals surface area contributed by atoms with Gasteiger partial charge in [0.15, 0.2) is 5.96 Å². The molecule has 2 N–H and O–H groups in total. The minimum Gasteiger partial charge on any atom is -0.377 e. The van der Waals surface area contributed by atoms with Gasteiger partial charge in [-0.3, -0.25) is 0 Å². The molecule has 0 bridgehead atoms. The van der Waals surface area contributed by atoms with Crippen molar-refractivity contribution in [2.45, 2.75) is 45.9 Å². The molecule has 140 valence electrons. The van der Waals surface area contributed by atoms with E-state index in [2.05, 4.69) is 29.5 Å². The van der Waals surface area contributed by atoms with Crippen LogP contribution in [0.4, 0.5) is 8.78 Å². The van der Waals surface area contributed by atoms with E-state index in [4.69, 9.17) is 4.74 Å². The number of fused-ring (bicyclic) bond motifs is 1. The Balaban J connectivity index is 0.00000225. The number of guanidine groups is 1. The molecule has 1 aliphatic carbocycles. The van der Waals surface area contributed by atoms with E-state index in [1.54, 1.807) is 0 Å². The molecule has 2 fully saturated rings. The smallest absolute Gasteiger partial charge is 0.191 e. The predicted molar refractivity (Wildman–Crippen MR) is 105 cm³/mol. The van der Waals surface area contributed by atoms with E-state index >= 15 is 0 Å². The van der Waals surface area contributed by atoms with Crippen LogP contribution in [0.3, 0.4) is 0 Å². The first-order valence-electron chi connectivity index (χ1n) is 8.54. The Morgan fingerprint density at radius 2 is 2.12 bits per heavy atom. The molecule has 1 saturated heterocycles. The maximum absolute atomic E-state index is 13.8. The first-order valence-corrected chi connectivity index (χ1v) is 8.54. The van der Waals surface area contributed by atoms with Crippen molar-refractivity contribution in [1.82, 2.24) is 10.6 Å². The van der Waals surface area contributed by atoms with Gasteiger partial charge in [-0.05, 0) is 31.5 Å². The Hall–Kier alpha value is -0.960. The van der Waals surface area contributed by atoms with Gasteiger partial charge in [0.25, 0.3) is 0 Å². The standard InChI is InChI=1S/C18H25F2N3O.HI/c1-4-21-17(22-10-11-9-12(19)5-6-14(11)20)23-15-13-7-8-24-16(13)18(15,2)3;/h5-6,9,13,15-16H,4,7-8,10H2,1-3H3,(H2,21,22,23);1H. The minimum atomic E-state index is -0.453.